The summed E-state index contributed by atoms with van der Waals surface area (Å²) in [5.41, 5.74) is 2.71. The zero-order valence-corrected chi connectivity index (χ0v) is 16.6. The van der Waals surface area contributed by atoms with Crippen molar-refractivity contribution >= 4 is 5.97 Å². The van der Waals surface area contributed by atoms with E-state index < -0.39 is 5.97 Å². The van der Waals surface area contributed by atoms with Gasteiger partial charge in [0, 0.05) is 31.6 Å². The molecule has 0 saturated carbocycles. The van der Waals surface area contributed by atoms with Crippen molar-refractivity contribution in [3.8, 4) is 0 Å². The molecule has 4 nitrogen and oxygen atoms in total. The van der Waals surface area contributed by atoms with Gasteiger partial charge in [-0.3, -0.25) is 14.6 Å². The SMILES string of the molecule is Cc1ccc(CN2C[C@@H]3CCCN4CCC[C@H](C2CCCC(=O)O)[C@H]34)cc1. The lowest BCUT2D eigenvalue weighted by Gasteiger charge is -2.57. The smallest absolute Gasteiger partial charge is 0.303 e. The number of hydrogen-bond acceptors (Lipinski definition) is 3. The average molecular weight is 371 g/mol. The van der Waals surface area contributed by atoms with Crippen LogP contribution in [0.2, 0.25) is 0 Å². The fraction of sp³-hybridized carbons (Fsp3) is 0.696. The molecule has 1 N–H and O–H groups in total. The standard InChI is InChI=1S/C23H34N2O2/c1-17-9-11-18(12-10-17)15-25-16-19-5-3-13-24-14-4-6-20(23(19)24)21(25)7-2-8-22(26)27/h9-12,19-21,23H,2-8,13-16H2,1H3,(H,26,27)/t19-,20+,21?,23-/m0/s1. The summed E-state index contributed by atoms with van der Waals surface area (Å²) in [4.78, 5) is 16.6. The van der Waals surface area contributed by atoms with Crippen molar-refractivity contribution in [2.45, 2.75) is 70.5 Å². The summed E-state index contributed by atoms with van der Waals surface area (Å²) in [5, 5.41) is 9.11. The molecule has 0 aliphatic carbocycles. The van der Waals surface area contributed by atoms with Crippen molar-refractivity contribution in [2.24, 2.45) is 11.8 Å². The van der Waals surface area contributed by atoms with Crippen molar-refractivity contribution in [3.05, 3.63) is 35.4 Å². The lowest BCUT2D eigenvalue weighted by molar-refractivity contribution is -0.137. The van der Waals surface area contributed by atoms with Crippen molar-refractivity contribution in [1.29, 1.82) is 0 Å². The molecule has 0 bridgehead atoms. The molecule has 4 heteroatoms. The third-order valence-electron chi connectivity index (χ3n) is 7.18. The average Bonchev–Trinajstić information content (AvgIpc) is 2.66. The van der Waals surface area contributed by atoms with E-state index in [1.807, 2.05) is 0 Å². The number of carboxylic acid groups (broad SMARTS) is 1. The van der Waals surface area contributed by atoms with Crippen LogP contribution in [0.5, 0.6) is 0 Å². The molecule has 3 fully saturated rings. The molecule has 3 aliphatic rings. The zero-order chi connectivity index (χ0) is 18.8. The number of nitrogens with zero attached hydrogens (tertiary/aromatic N) is 2. The molecular formula is C23H34N2O2. The highest BCUT2D eigenvalue weighted by Crippen LogP contribution is 2.43. The summed E-state index contributed by atoms with van der Waals surface area (Å²) in [5.74, 6) is 0.860. The third kappa shape index (κ3) is 4.22. The predicted molar refractivity (Wildman–Crippen MR) is 108 cm³/mol. The number of rotatable bonds is 6. The van der Waals surface area contributed by atoms with Crippen LogP contribution in [0.1, 0.15) is 56.1 Å². The monoisotopic (exact) mass is 370 g/mol. The summed E-state index contributed by atoms with van der Waals surface area (Å²) < 4.78 is 0. The van der Waals surface area contributed by atoms with Crippen molar-refractivity contribution in [2.75, 3.05) is 19.6 Å². The van der Waals surface area contributed by atoms with E-state index in [2.05, 4.69) is 41.0 Å². The van der Waals surface area contributed by atoms with Gasteiger partial charge in [-0.2, -0.15) is 0 Å². The maximum absolute atomic E-state index is 11.1. The van der Waals surface area contributed by atoms with Gasteiger partial charge in [-0.25, -0.2) is 0 Å². The number of aryl methyl sites for hydroxylation is 1. The van der Waals surface area contributed by atoms with Gasteiger partial charge in [0.2, 0.25) is 0 Å². The Kier molecular flexibility index (Phi) is 5.84. The second kappa shape index (κ2) is 8.32. The minimum atomic E-state index is -0.656. The number of hydrogen-bond donors (Lipinski definition) is 1. The topological polar surface area (TPSA) is 43.8 Å². The van der Waals surface area contributed by atoms with Gasteiger partial charge in [0.1, 0.15) is 0 Å². The van der Waals surface area contributed by atoms with Crippen LogP contribution >= 0.6 is 0 Å². The lowest BCUT2D eigenvalue weighted by atomic mass is 9.69. The van der Waals surface area contributed by atoms with Crippen LogP contribution in [0.15, 0.2) is 24.3 Å². The normalized spacial score (nSPS) is 31.4. The second-order valence-corrected chi connectivity index (χ2v) is 9.00. The number of piperidine rings is 3. The van der Waals surface area contributed by atoms with E-state index in [1.165, 1.54) is 56.4 Å². The molecule has 0 spiro atoms. The first-order valence-electron chi connectivity index (χ1n) is 10.9. The molecule has 3 saturated heterocycles. The molecule has 27 heavy (non-hydrogen) atoms. The highest BCUT2D eigenvalue weighted by molar-refractivity contribution is 5.66. The van der Waals surface area contributed by atoms with E-state index in [-0.39, 0.29) is 0 Å². The van der Waals surface area contributed by atoms with Gasteiger partial charge in [-0.1, -0.05) is 29.8 Å². The lowest BCUT2D eigenvalue weighted by Crippen LogP contribution is -2.64. The fourth-order valence-electron chi connectivity index (χ4n) is 6.05. The highest BCUT2D eigenvalue weighted by atomic mass is 16.4. The summed E-state index contributed by atoms with van der Waals surface area (Å²) >= 11 is 0. The van der Waals surface area contributed by atoms with Crippen LogP contribution in [-0.2, 0) is 11.3 Å². The first-order chi connectivity index (χ1) is 13.1. The second-order valence-electron chi connectivity index (χ2n) is 9.00. The number of aliphatic carboxylic acids is 1. The van der Waals surface area contributed by atoms with E-state index >= 15 is 0 Å². The van der Waals surface area contributed by atoms with Crippen molar-refractivity contribution in [1.82, 2.24) is 9.80 Å². The van der Waals surface area contributed by atoms with E-state index in [9.17, 15) is 4.79 Å². The van der Waals surface area contributed by atoms with Gasteiger partial charge in [0.15, 0.2) is 0 Å². The Morgan fingerprint density at radius 3 is 2.63 bits per heavy atom. The van der Waals surface area contributed by atoms with E-state index in [4.69, 9.17) is 5.11 Å². The molecule has 0 radical (unpaired) electrons. The third-order valence-corrected chi connectivity index (χ3v) is 7.18. The molecular weight excluding hydrogens is 336 g/mol. The predicted octanol–water partition coefficient (Wildman–Crippen LogP) is 3.92. The fourth-order valence-corrected chi connectivity index (χ4v) is 6.05. The first-order valence-corrected chi connectivity index (χ1v) is 10.9. The molecule has 1 aromatic rings. The molecule has 4 atom stereocenters. The summed E-state index contributed by atoms with van der Waals surface area (Å²) in [6.45, 7) is 6.89. The van der Waals surface area contributed by atoms with Gasteiger partial charge < -0.3 is 5.11 Å². The number of carboxylic acids is 1. The highest BCUT2D eigenvalue weighted by Gasteiger charge is 2.48. The summed E-state index contributed by atoms with van der Waals surface area (Å²) in [6, 6.07) is 10.2. The first kappa shape index (κ1) is 18.9. The molecule has 3 aliphatic heterocycles. The Bertz CT molecular complexity index is 642. The van der Waals surface area contributed by atoms with E-state index in [1.54, 1.807) is 0 Å². The minimum absolute atomic E-state index is 0.305. The van der Waals surface area contributed by atoms with Crippen LogP contribution in [-0.4, -0.2) is 52.6 Å². The van der Waals surface area contributed by atoms with Crippen molar-refractivity contribution < 1.29 is 9.90 Å². The zero-order valence-electron chi connectivity index (χ0n) is 16.6. The molecule has 1 unspecified atom stereocenters. The molecule has 0 aromatic heterocycles. The molecule has 0 amide bonds. The number of likely N-dealkylation sites (tertiary alicyclic amines) is 1. The summed E-state index contributed by atoms with van der Waals surface area (Å²) in [6.07, 6.45) is 7.47. The van der Waals surface area contributed by atoms with Gasteiger partial charge >= 0.3 is 5.97 Å². The minimum Gasteiger partial charge on any atom is -0.481 e. The van der Waals surface area contributed by atoms with Crippen LogP contribution < -0.4 is 0 Å². The van der Waals surface area contributed by atoms with Crippen LogP contribution in [0.3, 0.4) is 0 Å². The Hall–Kier alpha value is -1.39. The number of carbonyl (C=O) groups is 1. The molecule has 4 rings (SSSR count). The summed E-state index contributed by atoms with van der Waals surface area (Å²) in [7, 11) is 0. The van der Waals surface area contributed by atoms with Crippen LogP contribution in [0.25, 0.3) is 0 Å². The Balaban J connectivity index is 1.54. The number of benzene rings is 1. The molecule has 1 aromatic carbocycles. The van der Waals surface area contributed by atoms with Gasteiger partial charge in [0.05, 0.1) is 0 Å². The van der Waals surface area contributed by atoms with E-state index in [0.29, 0.717) is 12.5 Å². The Morgan fingerprint density at radius 1 is 1.15 bits per heavy atom. The van der Waals surface area contributed by atoms with Crippen molar-refractivity contribution in [3.63, 3.8) is 0 Å². The van der Waals surface area contributed by atoms with Crippen LogP contribution in [0, 0.1) is 18.8 Å². The maximum Gasteiger partial charge on any atom is 0.303 e. The van der Waals surface area contributed by atoms with Gasteiger partial charge in [-0.05, 0) is 75.9 Å². The van der Waals surface area contributed by atoms with Gasteiger partial charge in [-0.15, -0.1) is 0 Å². The maximum atomic E-state index is 11.1. The van der Waals surface area contributed by atoms with Crippen LogP contribution in [0.4, 0.5) is 0 Å². The molecule has 3 heterocycles. The largest absolute Gasteiger partial charge is 0.481 e. The Labute approximate surface area is 163 Å². The quantitative estimate of drug-likeness (QED) is 0.824. The molecule has 148 valence electrons. The Morgan fingerprint density at radius 2 is 1.89 bits per heavy atom. The van der Waals surface area contributed by atoms with Gasteiger partial charge in [0.25, 0.3) is 0 Å². The van der Waals surface area contributed by atoms with E-state index in [0.717, 1.165) is 37.3 Å².